The zero-order valence-electron chi connectivity index (χ0n) is 12.7. The third kappa shape index (κ3) is 4.81. The quantitative estimate of drug-likeness (QED) is 0.840. The number of amides is 1. The molecule has 116 valence electrons. The molecule has 1 aliphatic heterocycles. The first kappa shape index (κ1) is 15.9. The number of carbonyl (C=O) groups excluding carboxylic acids is 1. The Morgan fingerprint density at radius 3 is 2.76 bits per heavy atom. The largest absolute Gasteiger partial charge is 0.391 e. The van der Waals surface area contributed by atoms with Gasteiger partial charge < -0.3 is 19.6 Å². The predicted octanol–water partition coefficient (Wildman–Crippen LogP) is 0.727. The second-order valence-electron chi connectivity index (χ2n) is 5.83. The molecule has 21 heavy (non-hydrogen) atoms. The van der Waals surface area contributed by atoms with E-state index in [2.05, 4.69) is 0 Å². The van der Waals surface area contributed by atoms with Crippen molar-refractivity contribution in [1.29, 1.82) is 0 Å². The third-order valence-corrected chi connectivity index (χ3v) is 3.63. The first-order valence-electron chi connectivity index (χ1n) is 7.30. The van der Waals surface area contributed by atoms with Gasteiger partial charge in [0.05, 0.1) is 12.7 Å². The monoisotopic (exact) mass is 292 g/mol. The number of nitrogens with zero attached hydrogens (tertiary/aromatic N) is 2. The summed E-state index contributed by atoms with van der Waals surface area (Å²) >= 11 is 0. The van der Waals surface area contributed by atoms with Gasteiger partial charge in [0.2, 0.25) is 5.91 Å². The molecule has 1 aromatic carbocycles. The van der Waals surface area contributed by atoms with E-state index in [1.54, 1.807) is 4.90 Å². The van der Waals surface area contributed by atoms with Crippen molar-refractivity contribution in [3.8, 4) is 0 Å². The maximum Gasteiger partial charge on any atom is 0.248 e. The van der Waals surface area contributed by atoms with Crippen LogP contribution in [0.3, 0.4) is 0 Å². The Morgan fingerprint density at radius 1 is 1.38 bits per heavy atom. The van der Waals surface area contributed by atoms with Crippen molar-refractivity contribution in [2.45, 2.75) is 25.2 Å². The van der Waals surface area contributed by atoms with Gasteiger partial charge in [0.25, 0.3) is 0 Å². The number of aliphatic hydroxyl groups excluding tert-OH is 1. The SMILES string of the molecule is CN(C)CC1CC(O)CN1C(=O)COCc1ccccc1. The van der Waals surface area contributed by atoms with E-state index < -0.39 is 6.10 Å². The fourth-order valence-electron chi connectivity index (χ4n) is 2.71. The summed E-state index contributed by atoms with van der Waals surface area (Å²) in [5.41, 5.74) is 1.05. The Morgan fingerprint density at radius 2 is 2.10 bits per heavy atom. The molecule has 1 fully saturated rings. The molecule has 2 rings (SSSR count). The number of likely N-dealkylation sites (N-methyl/N-ethyl adjacent to an activating group) is 1. The Hall–Kier alpha value is -1.43. The third-order valence-electron chi connectivity index (χ3n) is 3.63. The van der Waals surface area contributed by atoms with Crippen LogP contribution in [0.15, 0.2) is 30.3 Å². The molecule has 2 unspecified atom stereocenters. The van der Waals surface area contributed by atoms with Crippen LogP contribution in [-0.4, -0.2) is 66.8 Å². The Balaban J connectivity index is 1.81. The number of hydrogen-bond donors (Lipinski definition) is 1. The van der Waals surface area contributed by atoms with Crippen molar-refractivity contribution in [3.63, 3.8) is 0 Å². The summed E-state index contributed by atoms with van der Waals surface area (Å²) in [6.07, 6.45) is 0.218. The van der Waals surface area contributed by atoms with E-state index in [4.69, 9.17) is 4.74 Å². The number of carbonyl (C=O) groups is 1. The molecule has 1 heterocycles. The van der Waals surface area contributed by atoms with Gasteiger partial charge in [-0.05, 0) is 26.1 Å². The highest BCUT2D eigenvalue weighted by molar-refractivity contribution is 5.78. The first-order chi connectivity index (χ1) is 10.1. The number of β-amino-alcohol motifs (C(OH)–C–C–N with tert-alkyl or cyclic N) is 1. The highest BCUT2D eigenvalue weighted by Crippen LogP contribution is 2.18. The molecule has 1 N–H and O–H groups in total. The van der Waals surface area contributed by atoms with E-state index in [0.717, 1.165) is 12.1 Å². The van der Waals surface area contributed by atoms with Crippen LogP contribution in [0.1, 0.15) is 12.0 Å². The van der Waals surface area contributed by atoms with Crippen molar-refractivity contribution in [2.24, 2.45) is 0 Å². The van der Waals surface area contributed by atoms with Gasteiger partial charge in [-0.25, -0.2) is 0 Å². The molecule has 0 radical (unpaired) electrons. The average molecular weight is 292 g/mol. The van der Waals surface area contributed by atoms with Crippen molar-refractivity contribution >= 4 is 5.91 Å². The van der Waals surface area contributed by atoms with E-state index >= 15 is 0 Å². The van der Waals surface area contributed by atoms with Crippen LogP contribution >= 0.6 is 0 Å². The maximum atomic E-state index is 12.2. The van der Waals surface area contributed by atoms with Crippen LogP contribution in [0.5, 0.6) is 0 Å². The van der Waals surface area contributed by atoms with E-state index in [0.29, 0.717) is 19.6 Å². The Kier molecular flexibility index (Phi) is 5.73. The molecular formula is C16H24N2O3. The van der Waals surface area contributed by atoms with Crippen LogP contribution in [0, 0.1) is 0 Å². The lowest BCUT2D eigenvalue weighted by Gasteiger charge is -2.26. The number of aliphatic hydroxyl groups is 1. The second kappa shape index (κ2) is 7.54. The fourth-order valence-corrected chi connectivity index (χ4v) is 2.71. The van der Waals surface area contributed by atoms with Crippen molar-refractivity contribution in [3.05, 3.63) is 35.9 Å². The molecule has 0 aromatic heterocycles. The summed E-state index contributed by atoms with van der Waals surface area (Å²) < 4.78 is 5.50. The summed E-state index contributed by atoms with van der Waals surface area (Å²) in [4.78, 5) is 16.0. The van der Waals surface area contributed by atoms with Crippen molar-refractivity contribution in [2.75, 3.05) is 33.8 Å². The topological polar surface area (TPSA) is 53.0 Å². The summed E-state index contributed by atoms with van der Waals surface area (Å²) in [5.74, 6) is -0.0469. The standard InChI is InChI=1S/C16H24N2O3/c1-17(2)9-14-8-15(19)10-18(14)16(20)12-21-11-13-6-4-3-5-7-13/h3-7,14-15,19H,8-12H2,1-2H3. The van der Waals surface area contributed by atoms with Gasteiger partial charge in [0, 0.05) is 19.1 Å². The normalized spacial score (nSPS) is 22.0. The minimum absolute atomic E-state index is 0.0469. The molecule has 0 saturated carbocycles. The van der Waals surface area contributed by atoms with Gasteiger partial charge in [-0.2, -0.15) is 0 Å². The molecule has 0 aliphatic carbocycles. The molecule has 1 amide bonds. The summed E-state index contributed by atoms with van der Waals surface area (Å²) in [6, 6.07) is 9.86. The first-order valence-corrected chi connectivity index (χ1v) is 7.30. The summed E-state index contributed by atoms with van der Waals surface area (Å²) in [7, 11) is 3.94. The Bertz CT molecular complexity index is 450. The molecule has 1 saturated heterocycles. The van der Waals surface area contributed by atoms with Gasteiger partial charge in [0.15, 0.2) is 0 Å². The van der Waals surface area contributed by atoms with Crippen molar-refractivity contribution in [1.82, 2.24) is 9.80 Å². The number of benzene rings is 1. The number of likely N-dealkylation sites (tertiary alicyclic amines) is 1. The van der Waals surface area contributed by atoms with E-state index in [9.17, 15) is 9.90 Å². The van der Waals surface area contributed by atoms with Gasteiger partial charge in [-0.3, -0.25) is 4.79 Å². The van der Waals surface area contributed by atoms with Gasteiger partial charge in [0.1, 0.15) is 6.61 Å². The molecule has 5 nitrogen and oxygen atoms in total. The minimum atomic E-state index is -0.423. The molecule has 0 spiro atoms. The summed E-state index contributed by atoms with van der Waals surface area (Å²) in [5, 5.41) is 9.78. The predicted molar refractivity (Wildman–Crippen MR) is 80.8 cm³/mol. The number of hydrogen-bond acceptors (Lipinski definition) is 4. The van der Waals surface area contributed by atoms with E-state index in [1.165, 1.54) is 0 Å². The van der Waals surface area contributed by atoms with E-state index in [-0.39, 0.29) is 18.6 Å². The molecule has 1 aromatic rings. The lowest BCUT2D eigenvalue weighted by molar-refractivity contribution is -0.137. The zero-order valence-corrected chi connectivity index (χ0v) is 12.7. The molecule has 5 heteroatoms. The molecule has 0 bridgehead atoms. The molecular weight excluding hydrogens is 268 g/mol. The van der Waals surface area contributed by atoms with Crippen LogP contribution in [0.2, 0.25) is 0 Å². The lowest BCUT2D eigenvalue weighted by Crippen LogP contribution is -2.43. The average Bonchev–Trinajstić information content (AvgIpc) is 2.80. The molecule has 2 atom stereocenters. The van der Waals surface area contributed by atoms with Crippen LogP contribution in [0.25, 0.3) is 0 Å². The number of rotatable bonds is 6. The van der Waals surface area contributed by atoms with Gasteiger partial charge in [-0.1, -0.05) is 30.3 Å². The van der Waals surface area contributed by atoms with Crippen LogP contribution < -0.4 is 0 Å². The highest BCUT2D eigenvalue weighted by Gasteiger charge is 2.34. The Labute approximate surface area is 126 Å². The minimum Gasteiger partial charge on any atom is -0.391 e. The zero-order chi connectivity index (χ0) is 15.2. The smallest absolute Gasteiger partial charge is 0.248 e. The van der Waals surface area contributed by atoms with Gasteiger partial charge in [-0.15, -0.1) is 0 Å². The fraction of sp³-hybridized carbons (Fsp3) is 0.562. The second-order valence-corrected chi connectivity index (χ2v) is 5.83. The highest BCUT2D eigenvalue weighted by atomic mass is 16.5. The van der Waals surface area contributed by atoms with Crippen LogP contribution in [-0.2, 0) is 16.1 Å². The lowest BCUT2D eigenvalue weighted by atomic mass is 10.2. The molecule has 1 aliphatic rings. The van der Waals surface area contributed by atoms with Gasteiger partial charge >= 0.3 is 0 Å². The van der Waals surface area contributed by atoms with Crippen molar-refractivity contribution < 1.29 is 14.6 Å². The van der Waals surface area contributed by atoms with Crippen LogP contribution in [0.4, 0.5) is 0 Å². The van der Waals surface area contributed by atoms with E-state index in [1.807, 2.05) is 49.3 Å². The number of ether oxygens (including phenoxy) is 1. The summed E-state index contributed by atoms with van der Waals surface area (Å²) in [6.45, 7) is 1.67. The maximum absolute atomic E-state index is 12.2.